The molecule has 0 bridgehead atoms. The van der Waals surface area contributed by atoms with Crippen LogP contribution >= 0.6 is 55.1 Å². The molecule has 3 unspecified atom stereocenters. The summed E-state index contributed by atoms with van der Waals surface area (Å²) >= 11 is 18.7. The Hall–Kier alpha value is 1.54. The molecule has 0 aromatic carbocycles. The van der Waals surface area contributed by atoms with Crippen molar-refractivity contribution in [2.45, 2.75) is 28.8 Å². The van der Waals surface area contributed by atoms with Gasteiger partial charge in [0.2, 0.25) is 0 Å². The second kappa shape index (κ2) is 3.29. The molecule has 1 aliphatic carbocycles. The summed E-state index contributed by atoms with van der Waals surface area (Å²) in [6.07, 6.45) is 0. The Morgan fingerprint density at radius 1 is 1.42 bits per heavy atom. The summed E-state index contributed by atoms with van der Waals surface area (Å²) in [4.78, 5) is 0.110. The summed E-state index contributed by atoms with van der Waals surface area (Å²) in [5.41, 5.74) is 0.358. The van der Waals surface area contributed by atoms with Crippen molar-refractivity contribution < 1.29 is 0 Å². The van der Waals surface area contributed by atoms with E-state index < -0.39 is 3.24 Å². The van der Waals surface area contributed by atoms with Gasteiger partial charge in [-0.15, -0.1) is 0 Å². The van der Waals surface area contributed by atoms with E-state index in [1.54, 1.807) is 0 Å². The summed E-state index contributed by atoms with van der Waals surface area (Å²) in [5.74, 6) is 1.23. The first-order valence-electron chi connectivity index (χ1n) is 3.90. The van der Waals surface area contributed by atoms with Gasteiger partial charge >= 0.3 is 0 Å². The molecule has 0 heterocycles. The molecule has 0 amide bonds. The zero-order valence-corrected chi connectivity index (χ0v) is 11.9. The van der Waals surface area contributed by atoms with Gasteiger partial charge in [0, 0.05) is 0 Å². The van der Waals surface area contributed by atoms with E-state index in [2.05, 4.69) is 52.6 Å². The Kier molecular flexibility index (Phi) is 3.18. The summed E-state index contributed by atoms with van der Waals surface area (Å²) in [7, 11) is 0. The number of hydrogen-bond donors (Lipinski definition) is 0. The highest BCUT2D eigenvalue weighted by atomic mass is 79.9. The van der Waals surface area contributed by atoms with Gasteiger partial charge in [0.15, 0.2) is 3.24 Å². The van der Waals surface area contributed by atoms with Crippen molar-refractivity contribution in [2.24, 2.45) is 17.3 Å². The Balaban J connectivity index is 2.64. The molecule has 0 saturated heterocycles. The van der Waals surface area contributed by atoms with Crippen molar-refractivity contribution in [3.05, 3.63) is 0 Å². The highest BCUT2D eigenvalue weighted by Gasteiger charge is 2.60. The van der Waals surface area contributed by atoms with E-state index in [-0.39, 0.29) is 4.83 Å². The fourth-order valence-electron chi connectivity index (χ4n) is 1.77. The van der Waals surface area contributed by atoms with Gasteiger partial charge in [-0.25, -0.2) is 0 Å². The molecule has 72 valence electrons. The molecular weight excluding hydrogens is 327 g/mol. The molecule has 4 heteroatoms. The van der Waals surface area contributed by atoms with Crippen LogP contribution in [0.3, 0.4) is 0 Å². The van der Waals surface area contributed by atoms with Crippen LogP contribution in [0.4, 0.5) is 0 Å². The molecule has 12 heavy (non-hydrogen) atoms. The van der Waals surface area contributed by atoms with E-state index >= 15 is 0 Å². The number of rotatable bonds is 2. The van der Waals surface area contributed by atoms with Crippen molar-refractivity contribution in [2.75, 3.05) is 0 Å². The third kappa shape index (κ3) is 1.97. The van der Waals surface area contributed by atoms with Gasteiger partial charge in [0.25, 0.3) is 0 Å². The maximum Gasteiger partial charge on any atom is 0.184 e. The van der Waals surface area contributed by atoms with Crippen LogP contribution in [0.5, 0.6) is 0 Å². The van der Waals surface area contributed by atoms with E-state index in [4.69, 9.17) is 23.2 Å². The molecular formula is C8H12Br2Cl2. The van der Waals surface area contributed by atoms with Gasteiger partial charge in [-0.2, -0.15) is 0 Å². The molecule has 1 fully saturated rings. The third-order valence-electron chi connectivity index (χ3n) is 3.09. The quantitative estimate of drug-likeness (QED) is 0.647. The maximum absolute atomic E-state index is 5.95. The molecule has 1 rings (SSSR count). The van der Waals surface area contributed by atoms with Crippen LogP contribution in [-0.4, -0.2) is 8.07 Å². The lowest BCUT2D eigenvalue weighted by molar-refractivity contribution is 0.539. The van der Waals surface area contributed by atoms with E-state index in [1.165, 1.54) is 0 Å². The minimum Gasteiger partial charge on any atom is -0.0875 e. The van der Waals surface area contributed by atoms with Crippen LogP contribution in [0.2, 0.25) is 0 Å². The summed E-state index contributed by atoms with van der Waals surface area (Å²) in [6.45, 7) is 6.71. The number of halogens is 4. The summed E-state index contributed by atoms with van der Waals surface area (Å²) in [6, 6.07) is 0. The smallest absolute Gasteiger partial charge is 0.0875 e. The maximum atomic E-state index is 5.95. The molecule has 0 aromatic rings. The lowest BCUT2D eigenvalue weighted by Crippen LogP contribution is -2.22. The third-order valence-corrected chi connectivity index (χ3v) is 6.45. The Morgan fingerprint density at radius 3 is 1.83 bits per heavy atom. The van der Waals surface area contributed by atoms with Gasteiger partial charge in [0.05, 0.1) is 4.83 Å². The molecule has 0 nitrogen and oxygen atoms in total. The van der Waals surface area contributed by atoms with Crippen LogP contribution in [0.25, 0.3) is 0 Å². The highest BCUT2D eigenvalue weighted by molar-refractivity contribution is 9.13. The Bertz CT molecular complexity index is 176. The van der Waals surface area contributed by atoms with E-state index in [1.807, 2.05) is 0 Å². The van der Waals surface area contributed by atoms with Crippen molar-refractivity contribution in [1.29, 1.82) is 0 Å². The fourth-order valence-corrected chi connectivity index (χ4v) is 3.47. The minimum absolute atomic E-state index is 0.110. The second-order valence-corrected chi connectivity index (χ2v) is 8.62. The highest BCUT2D eigenvalue weighted by Crippen LogP contribution is 2.64. The predicted molar refractivity (Wildman–Crippen MR) is 62.5 cm³/mol. The van der Waals surface area contributed by atoms with Crippen LogP contribution in [0, 0.1) is 17.3 Å². The van der Waals surface area contributed by atoms with Crippen molar-refractivity contribution in [3.8, 4) is 0 Å². The first kappa shape index (κ1) is 11.6. The minimum atomic E-state index is -0.848. The molecule has 1 aliphatic rings. The van der Waals surface area contributed by atoms with Gasteiger partial charge in [0.1, 0.15) is 0 Å². The van der Waals surface area contributed by atoms with Crippen LogP contribution in [-0.2, 0) is 0 Å². The van der Waals surface area contributed by atoms with Gasteiger partial charge in [-0.05, 0) is 33.2 Å². The second-order valence-electron chi connectivity index (χ2n) is 4.08. The van der Waals surface area contributed by atoms with Crippen LogP contribution in [0.1, 0.15) is 20.8 Å². The zero-order valence-electron chi connectivity index (χ0n) is 7.24. The molecule has 0 aliphatic heterocycles. The standard InChI is InChI=1S/C8H12Br2Cl2/c1-4-5(7(4,2)3)6(9)8(10,11)12/h4-6H,1-3H3. The van der Waals surface area contributed by atoms with Gasteiger partial charge in [-0.3, -0.25) is 0 Å². The average molecular weight is 339 g/mol. The monoisotopic (exact) mass is 336 g/mol. The largest absolute Gasteiger partial charge is 0.184 e. The molecule has 3 atom stereocenters. The lowest BCUT2D eigenvalue weighted by Gasteiger charge is -2.20. The Labute approximate surface area is 101 Å². The summed E-state index contributed by atoms with van der Waals surface area (Å²) < 4.78 is -0.848. The van der Waals surface area contributed by atoms with Crippen LogP contribution < -0.4 is 0 Å². The SMILES string of the molecule is CC1C(C(Br)C(Cl)(Cl)Br)C1(C)C. The van der Waals surface area contributed by atoms with Gasteiger partial charge < -0.3 is 0 Å². The van der Waals surface area contributed by atoms with E-state index in [0.29, 0.717) is 17.3 Å². The lowest BCUT2D eigenvalue weighted by atomic mass is 10.1. The van der Waals surface area contributed by atoms with Crippen molar-refractivity contribution in [3.63, 3.8) is 0 Å². The van der Waals surface area contributed by atoms with E-state index in [9.17, 15) is 0 Å². The zero-order chi connectivity index (χ0) is 9.73. The Morgan fingerprint density at radius 2 is 1.75 bits per heavy atom. The molecule has 1 saturated carbocycles. The number of hydrogen-bond acceptors (Lipinski definition) is 0. The predicted octanol–water partition coefficient (Wildman–Crippen LogP) is 4.57. The van der Waals surface area contributed by atoms with Crippen molar-refractivity contribution >= 4 is 55.1 Å². The van der Waals surface area contributed by atoms with Gasteiger partial charge in [-0.1, -0.05) is 59.9 Å². The molecule has 0 spiro atoms. The average Bonchev–Trinajstić information content (AvgIpc) is 2.30. The molecule has 0 aromatic heterocycles. The van der Waals surface area contributed by atoms with Crippen molar-refractivity contribution in [1.82, 2.24) is 0 Å². The summed E-state index contributed by atoms with van der Waals surface area (Å²) in [5, 5.41) is 0. The van der Waals surface area contributed by atoms with E-state index in [0.717, 1.165) is 0 Å². The molecule has 0 N–H and O–H groups in total. The first-order chi connectivity index (χ1) is 5.19. The number of alkyl halides is 4. The van der Waals surface area contributed by atoms with Crippen LogP contribution in [0.15, 0.2) is 0 Å². The topological polar surface area (TPSA) is 0 Å². The fraction of sp³-hybridized carbons (Fsp3) is 1.00. The normalized spacial score (nSPS) is 36.2. The molecule has 0 radical (unpaired) electrons. The first-order valence-corrected chi connectivity index (χ1v) is 6.36.